The molecule has 0 bridgehead atoms. The molecule has 0 aromatic carbocycles. The zero-order valence-electron chi connectivity index (χ0n) is 8.20. The van der Waals surface area contributed by atoms with E-state index in [1.54, 1.807) is 6.20 Å². The molecule has 0 saturated carbocycles. The van der Waals surface area contributed by atoms with E-state index in [4.69, 9.17) is 0 Å². The molecular formula is C10H16N2O. The van der Waals surface area contributed by atoms with Gasteiger partial charge in [-0.1, -0.05) is 19.1 Å². The normalized spacial score (nSPS) is 12.8. The summed E-state index contributed by atoms with van der Waals surface area (Å²) in [5.74, 6) is 0.703. The largest absolute Gasteiger partial charge is 0.385 e. The highest BCUT2D eigenvalue weighted by molar-refractivity contribution is 5.03. The molecule has 0 aliphatic rings. The molecule has 0 aliphatic heterocycles. The number of aliphatic hydroxyl groups excluding tert-OH is 1. The summed E-state index contributed by atoms with van der Waals surface area (Å²) in [7, 11) is 1.88. The lowest BCUT2D eigenvalue weighted by Gasteiger charge is -2.10. The van der Waals surface area contributed by atoms with Gasteiger partial charge in [-0.05, 0) is 6.42 Å². The maximum absolute atomic E-state index is 9.75. The fourth-order valence-corrected chi connectivity index (χ4v) is 1.21. The second-order valence-electron chi connectivity index (χ2n) is 3.22. The Bertz CT molecular complexity index is 291. The Morgan fingerprint density at radius 1 is 1.77 bits per heavy atom. The van der Waals surface area contributed by atoms with Gasteiger partial charge in [0.25, 0.3) is 0 Å². The number of nitrogens with zero attached hydrogens (tertiary/aromatic N) is 2. The second-order valence-corrected chi connectivity index (χ2v) is 3.22. The number of aryl methyl sites for hydroxylation is 1. The van der Waals surface area contributed by atoms with E-state index in [1.807, 2.05) is 24.7 Å². The van der Waals surface area contributed by atoms with Gasteiger partial charge in [-0.2, -0.15) is 0 Å². The highest BCUT2D eigenvalue weighted by atomic mass is 16.3. The van der Waals surface area contributed by atoms with Crippen LogP contribution in [-0.4, -0.2) is 14.7 Å². The molecular weight excluding hydrogens is 164 g/mol. The van der Waals surface area contributed by atoms with Crippen LogP contribution in [0.1, 0.15) is 31.7 Å². The van der Waals surface area contributed by atoms with Crippen LogP contribution in [0.3, 0.4) is 0 Å². The molecule has 0 saturated heterocycles. The second kappa shape index (κ2) is 4.23. The number of imidazole rings is 1. The van der Waals surface area contributed by atoms with Crippen molar-refractivity contribution in [3.63, 3.8) is 0 Å². The van der Waals surface area contributed by atoms with E-state index >= 15 is 0 Å². The van der Waals surface area contributed by atoms with Gasteiger partial charge >= 0.3 is 0 Å². The SMILES string of the molecule is C=C(CC)CC(O)c1nccn1C. The highest BCUT2D eigenvalue weighted by Gasteiger charge is 2.12. The zero-order valence-corrected chi connectivity index (χ0v) is 8.20. The summed E-state index contributed by atoms with van der Waals surface area (Å²) in [6.45, 7) is 5.89. The summed E-state index contributed by atoms with van der Waals surface area (Å²) in [5.41, 5.74) is 1.05. The van der Waals surface area contributed by atoms with Crippen LogP contribution >= 0.6 is 0 Å². The first kappa shape index (κ1) is 9.99. The Hall–Kier alpha value is -1.09. The van der Waals surface area contributed by atoms with Crippen LogP contribution in [0.2, 0.25) is 0 Å². The average molecular weight is 180 g/mol. The van der Waals surface area contributed by atoms with E-state index < -0.39 is 6.10 Å². The molecule has 3 nitrogen and oxygen atoms in total. The summed E-state index contributed by atoms with van der Waals surface area (Å²) < 4.78 is 1.83. The Morgan fingerprint density at radius 2 is 2.46 bits per heavy atom. The van der Waals surface area contributed by atoms with Crippen LogP contribution in [0.25, 0.3) is 0 Å². The van der Waals surface area contributed by atoms with E-state index in [1.165, 1.54) is 0 Å². The molecule has 1 rings (SSSR count). The third-order valence-corrected chi connectivity index (χ3v) is 2.14. The van der Waals surface area contributed by atoms with Crippen LogP contribution in [0.4, 0.5) is 0 Å². The van der Waals surface area contributed by atoms with Crippen LogP contribution < -0.4 is 0 Å². The van der Waals surface area contributed by atoms with Gasteiger partial charge in [0.1, 0.15) is 11.9 Å². The van der Waals surface area contributed by atoms with Gasteiger partial charge in [0.05, 0.1) is 0 Å². The van der Waals surface area contributed by atoms with Gasteiger partial charge in [-0.25, -0.2) is 4.98 Å². The van der Waals surface area contributed by atoms with Crippen molar-refractivity contribution in [3.05, 3.63) is 30.4 Å². The van der Waals surface area contributed by atoms with E-state index in [0.717, 1.165) is 12.0 Å². The maximum Gasteiger partial charge on any atom is 0.137 e. The number of rotatable bonds is 4. The third-order valence-electron chi connectivity index (χ3n) is 2.14. The van der Waals surface area contributed by atoms with Crippen molar-refractivity contribution in [2.75, 3.05) is 0 Å². The van der Waals surface area contributed by atoms with Crippen LogP contribution in [0.15, 0.2) is 24.5 Å². The van der Waals surface area contributed by atoms with Gasteiger partial charge in [-0.3, -0.25) is 0 Å². The molecule has 1 heterocycles. The van der Waals surface area contributed by atoms with Crippen molar-refractivity contribution in [1.29, 1.82) is 0 Å². The van der Waals surface area contributed by atoms with Crippen molar-refractivity contribution in [2.45, 2.75) is 25.9 Å². The smallest absolute Gasteiger partial charge is 0.137 e. The number of hydrogen-bond donors (Lipinski definition) is 1. The van der Waals surface area contributed by atoms with E-state index in [-0.39, 0.29) is 0 Å². The maximum atomic E-state index is 9.75. The first-order valence-corrected chi connectivity index (χ1v) is 4.47. The molecule has 1 N–H and O–H groups in total. The molecule has 13 heavy (non-hydrogen) atoms. The molecule has 3 heteroatoms. The monoisotopic (exact) mass is 180 g/mol. The van der Waals surface area contributed by atoms with Crippen molar-refractivity contribution < 1.29 is 5.11 Å². The summed E-state index contributed by atoms with van der Waals surface area (Å²) in [6.07, 6.45) is 4.50. The van der Waals surface area contributed by atoms with Gasteiger partial charge in [0, 0.05) is 25.9 Å². The first-order valence-electron chi connectivity index (χ1n) is 4.47. The molecule has 72 valence electrons. The van der Waals surface area contributed by atoms with Crippen molar-refractivity contribution in [2.24, 2.45) is 7.05 Å². The van der Waals surface area contributed by atoms with Gasteiger partial charge < -0.3 is 9.67 Å². The Morgan fingerprint density at radius 3 is 2.92 bits per heavy atom. The van der Waals surface area contributed by atoms with Crippen molar-refractivity contribution >= 4 is 0 Å². The zero-order chi connectivity index (χ0) is 9.84. The Balaban J connectivity index is 2.63. The molecule has 1 atom stereocenters. The predicted octanol–water partition coefficient (Wildman–Crippen LogP) is 1.81. The first-order chi connectivity index (χ1) is 6.15. The minimum atomic E-state index is -0.521. The van der Waals surface area contributed by atoms with Crippen molar-refractivity contribution in [3.8, 4) is 0 Å². The molecule has 1 aromatic heterocycles. The molecule has 0 amide bonds. The summed E-state index contributed by atoms with van der Waals surface area (Å²) >= 11 is 0. The molecule has 0 spiro atoms. The molecule has 0 aliphatic carbocycles. The molecule has 1 unspecified atom stereocenters. The summed E-state index contributed by atoms with van der Waals surface area (Å²) in [4.78, 5) is 4.07. The minimum absolute atomic E-state index is 0.521. The number of hydrogen-bond acceptors (Lipinski definition) is 2. The van der Waals surface area contributed by atoms with E-state index in [9.17, 15) is 5.11 Å². The number of aromatic nitrogens is 2. The lowest BCUT2D eigenvalue weighted by molar-refractivity contribution is 0.164. The molecule has 1 aromatic rings. The van der Waals surface area contributed by atoms with E-state index in [0.29, 0.717) is 12.2 Å². The minimum Gasteiger partial charge on any atom is -0.385 e. The van der Waals surface area contributed by atoms with Crippen LogP contribution in [0.5, 0.6) is 0 Å². The lowest BCUT2D eigenvalue weighted by atomic mass is 10.1. The average Bonchev–Trinajstić information content (AvgIpc) is 2.51. The summed E-state index contributed by atoms with van der Waals surface area (Å²) in [6, 6.07) is 0. The quantitative estimate of drug-likeness (QED) is 0.717. The Labute approximate surface area is 78.7 Å². The van der Waals surface area contributed by atoms with E-state index in [2.05, 4.69) is 11.6 Å². The highest BCUT2D eigenvalue weighted by Crippen LogP contribution is 2.19. The fraction of sp³-hybridized carbons (Fsp3) is 0.500. The van der Waals surface area contributed by atoms with Gasteiger partial charge in [0.2, 0.25) is 0 Å². The summed E-state index contributed by atoms with van der Waals surface area (Å²) in [5, 5.41) is 9.75. The van der Waals surface area contributed by atoms with Crippen LogP contribution in [0, 0.1) is 0 Å². The molecule has 0 fully saturated rings. The molecule has 0 radical (unpaired) electrons. The van der Waals surface area contributed by atoms with Gasteiger partial charge in [0.15, 0.2) is 0 Å². The fourth-order valence-electron chi connectivity index (χ4n) is 1.21. The lowest BCUT2D eigenvalue weighted by Crippen LogP contribution is -2.06. The topological polar surface area (TPSA) is 38.1 Å². The van der Waals surface area contributed by atoms with Crippen LogP contribution in [-0.2, 0) is 7.05 Å². The Kier molecular flexibility index (Phi) is 3.25. The standard InChI is InChI=1S/C10H16N2O/c1-4-8(2)7-9(13)10-11-5-6-12(10)3/h5-6,9,13H,2,4,7H2,1,3H3. The van der Waals surface area contributed by atoms with Crippen molar-refractivity contribution in [1.82, 2.24) is 9.55 Å². The van der Waals surface area contributed by atoms with Gasteiger partial charge in [-0.15, -0.1) is 0 Å². The third kappa shape index (κ3) is 2.42. The number of aliphatic hydroxyl groups is 1. The predicted molar refractivity (Wildman–Crippen MR) is 52.2 cm³/mol.